The summed E-state index contributed by atoms with van der Waals surface area (Å²) in [5.74, 6) is 0.855. The topological polar surface area (TPSA) is 51.4 Å². The van der Waals surface area contributed by atoms with E-state index in [2.05, 4.69) is 34.1 Å². The molecule has 0 aliphatic carbocycles. The van der Waals surface area contributed by atoms with Crippen molar-refractivity contribution >= 4 is 29.0 Å². The fourth-order valence-electron chi connectivity index (χ4n) is 3.60. The fraction of sp³-hybridized carbons (Fsp3) is 0.261. The molecule has 6 heteroatoms. The first kappa shape index (κ1) is 20.0. The minimum atomic E-state index is 0.225. The Bertz CT molecular complexity index is 983. The average Bonchev–Trinajstić information content (AvgIpc) is 3.22. The van der Waals surface area contributed by atoms with Crippen molar-refractivity contribution in [3.8, 4) is 16.9 Å². The van der Waals surface area contributed by atoms with Crippen LogP contribution in [0.3, 0.4) is 0 Å². The number of rotatable bonds is 6. The van der Waals surface area contributed by atoms with Crippen LogP contribution in [-0.4, -0.2) is 23.0 Å². The van der Waals surface area contributed by atoms with Crippen LogP contribution in [0, 0.1) is 0 Å². The second-order valence-electron chi connectivity index (χ2n) is 7.28. The molecule has 1 aromatic heterocycles. The summed E-state index contributed by atoms with van der Waals surface area (Å²) in [5, 5.41) is 1.13. The van der Waals surface area contributed by atoms with Crippen molar-refractivity contribution in [2.45, 2.75) is 26.0 Å². The van der Waals surface area contributed by atoms with E-state index in [4.69, 9.17) is 33.7 Å². The lowest BCUT2D eigenvalue weighted by Gasteiger charge is -2.15. The van der Waals surface area contributed by atoms with Gasteiger partial charge in [0.25, 0.3) is 0 Å². The minimum absolute atomic E-state index is 0.225. The van der Waals surface area contributed by atoms with E-state index < -0.39 is 0 Å². The molecule has 0 saturated carbocycles. The minimum Gasteiger partial charge on any atom is -0.485 e. The van der Waals surface area contributed by atoms with Crippen LogP contribution in [0.1, 0.15) is 24.0 Å². The summed E-state index contributed by atoms with van der Waals surface area (Å²) in [6.07, 6.45) is 4.36. The van der Waals surface area contributed by atoms with Gasteiger partial charge in [0.05, 0.1) is 0 Å². The molecule has 0 unspecified atom stereocenters. The highest BCUT2D eigenvalue weighted by Gasteiger charge is 2.13. The Hall–Kier alpha value is -2.27. The fourth-order valence-corrected chi connectivity index (χ4v) is 4.10. The van der Waals surface area contributed by atoms with E-state index in [0.717, 1.165) is 23.2 Å². The van der Waals surface area contributed by atoms with Crippen LogP contribution in [0.4, 0.5) is 5.82 Å². The summed E-state index contributed by atoms with van der Waals surface area (Å²) < 4.78 is 5.92. The molecule has 150 valence electrons. The van der Waals surface area contributed by atoms with Crippen LogP contribution in [0.2, 0.25) is 10.0 Å². The molecule has 0 atom stereocenters. The Kier molecular flexibility index (Phi) is 6.24. The first-order valence-corrected chi connectivity index (χ1v) is 10.5. The summed E-state index contributed by atoms with van der Waals surface area (Å²) in [6.45, 7) is 3.56. The third kappa shape index (κ3) is 4.84. The lowest BCUT2D eigenvalue weighted by Crippen LogP contribution is -2.18. The molecule has 1 aliphatic heterocycles. The van der Waals surface area contributed by atoms with E-state index >= 15 is 0 Å². The van der Waals surface area contributed by atoms with Gasteiger partial charge >= 0.3 is 0 Å². The van der Waals surface area contributed by atoms with Gasteiger partial charge in [0.15, 0.2) is 11.6 Å². The number of anilines is 1. The van der Waals surface area contributed by atoms with Gasteiger partial charge in [-0.25, -0.2) is 4.98 Å². The van der Waals surface area contributed by atoms with Crippen molar-refractivity contribution in [1.82, 2.24) is 9.88 Å². The Morgan fingerprint density at radius 3 is 2.45 bits per heavy atom. The molecule has 29 heavy (non-hydrogen) atoms. The highest BCUT2D eigenvalue weighted by atomic mass is 35.5. The number of benzene rings is 2. The molecular formula is C23H23Cl2N3O. The maximum Gasteiger partial charge on any atom is 0.166 e. The van der Waals surface area contributed by atoms with Gasteiger partial charge in [-0.15, -0.1) is 0 Å². The van der Waals surface area contributed by atoms with Crippen molar-refractivity contribution in [1.29, 1.82) is 0 Å². The largest absolute Gasteiger partial charge is 0.485 e. The van der Waals surface area contributed by atoms with Crippen LogP contribution in [-0.2, 0) is 13.2 Å². The molecule has 2 heterocycles. The Morgan fingerprint density at radius 1 is 0.966 bits per heavy atom. The number of pyridine rings is 1. The highest BCUT2D eigenvalue weighted by Crippen LogP contribution is 2.31. The zero-order chi connectivity index (χ0) is 20.2. The Labute approximate surface area is 181 Å². The second kappa shape index (κ2) is 9.04. The predicted molar refractivity (Wildman–Crippen MR) is 119 cm³/mol. The molecule has 3 aromatic rings. The maximum absolute atomic E-state index is 6.23. The first-order valence-electron chi connectivity index (χ1n) is 9.73. The highest BCUT2D eigenvalue weighted by molar-refractivity contribution is 6.35. The molecule has 0 bridgehead atoms. The number of hydrogen-bond acceptors (Lipinski definition) is 4. The van der Waals surface area contributed by atoms with Crippen molar-refractivity contribution in [2.75, 3.05) is 18.8 Å². The normalized spacial score (nSPS) is 14.3. The average molecular weight is 428 g/mol. The number of ether oxygens (including phenoxy) is 1. The van der Waals surface area contributed by atoms with Gasteiger partial charge in [0.1, 0.15) is 6.61 Å². The SMILES string of the molecule is Nc1ncc(-c2cccc(CN3CCCC3)c2)cc1OCc1c(Cl)cccc1Cl. The number of nitrogens with two attached hydrogens (primary N) is 1. The molecular weight excluding hydrogens is 405 g/mol. The van der Waals surface area contributed by atoms with Crippen molar-refractivity contribution in [2.24, 2.45) is 0 Å². The molecule has 0 radical (unpaired) electrons. The summed E-state index contributed by atoms with van der Waals surface area (Å²) >= 11 is 12.5. The quantitative estimate of drug-likeness (QED) is 0.538. The molecule has 1 saturated heterocycles. The molecule has 2 N–H and O–H groups in total. The smallest absolute Gasteiger partial charge is 0.166 e. The lowest BCUT2D eigenvalue weighted by atomic mass is 10.0. The third-order valence-electron chi connectivity index (χ3n) is 5.18. The standard InChI is InChI=1S/C23H23Cl2N3O/c24-20-7-4-8-21(25)19(20)15-29-22-12-18(13-27-23(22)26)17-6-3-5-16(11-17)14-28-9-1-2-10-28/h3-8,11-13H,1-2,9-10,14-15H2,(H2,26,27). The first-order chi connectivity index (χ1) is 14.1. The van der Waals surface area contributed by atoms with Crippen molar-refractivity contribution in [3.63, 3.8) is 0 Å². The maximum atomic E-state index is 6.23. The number of aromatic nitrogens is 1. The Balaban J connectivity index is 1.53. The van der Waals surface area contributed by atoms with Gasteiger partial charge in [-0.2, -0.15) is 0 Å². The molecule has 1 fully saturated rings. The molecule has 4 rings (SSSR count). The van der Waals surface area contributed by atoms with Crippen LogP contribution in [0.15, 0.2) is 54.7 Å². The lowest BCUT2D eigenvalue weighted by molar-refractivity contribution is 0.307. The molecule has 4 nitrogen and oxygen atoms in total. The van der Waals surface area contributed by atoms with E-state index in [1.165, 1.54) is 31.5 Å². The molecule has 0 spiro atoms. The zero-order valence-corrected chi connectivity index (χ0v) is 17.6. The summed E-state index contributed by atoms with van der Waals surface area (Å²) in [5.41, 5.74) is 10.1. The molecule has 2 aromatic carbocycles. The van der Waals surface area contributed by atoms with E-state index in [1.807, 2.05) is 6.07 Å². The van der Waals surface area contributed by atoms with Gasteiger partial charge in [0, 0.05) is 33.9 Å². The van der Waals surface area contributed by atoms with Gasteiger partial charge in [0.2, 0.25) is 0 Å². The molecule has 0 amide bonds. The number of hydrogen-bond donors (Lipinski definition) is 1. The van der Waals surface area contributed by atoms with E-state index in [0.29, 0.717) is 21.6 Å². The van der Waals surface area contributed by atoms with Gasteiger partial charge in [-0.3, -0.25) is 4.90 Å². The molecule has 1 aliphatic rings. The van der Waals surface area contributed by atoms with E-state index in [9.17, 15) is 0 Å². The third-order valence-corrected chi connectivity index (χ3v) is 5.89. The van der Waals surface area contributed by atoms with Gasteiger partial charge in [-0.05, 0) is 61.3 Å². The number of likely N-dealkylation sites (tertiary alicyclic amines) is 1. The van der Waals surface area contributed by atoms with E-state index in [-0.39, 0.29) is 6.61 Å². The van der Waals surface area contributed by atoms with Crippen LogP contribution < -0.4 is 10.5 Å². The van der Waals surface area contributed by atoms with Crippen molar-refractivity contribution in [3.05, 3.63) is 75.9 Å². The number of halogens is 2. The van der Waals surface area contributed by atoms with Gasteiger partial charge < -0.3 is 10.5 Å². The zero-order valence-electron chi connectivity index (χ0n) is 16.1. The number of nitrogens with zero attached hydrogens (tertiary/aromatic N) is 2. The monoisotopic (exact) mass is 427 g/mol. The van der Waals surface area contributed by atoms with Gasteiger partial charge in [-0.1, -0.05) is 47.5 Å². The van der Waals surface area contributed by atoms with Crippen molar-refractivity contribution < 1.29 is 4.74 Å². The summed E-state index contributed by atoms with van der Waals surface area (Å²) in [4.78, 5) is 6.81. The van der Waals surface area contributed by atoms with Crippen LogP contribution in [0.25, 0.3) is 11.1 Å². The predicted octanol–water partition coefficient (Wildman–Crippen LogP) is 5.81. The van der Waals surface area contributed by atoms with E-state index in [1.54, 1.807) is 24.4 Å². The van der Waals surface area contributed by atoms with Crippen LogP contribution in [0.5, 0.6) is 5.75 Å². The number of nitrogen functional groups attached to an aromatic ring is 1. The summed E-state index contributed by atoms with van der Waals surface area (Å²) in [7, 11) is 0. The summed E-state index contributed by atoms with van der Waals surface area (Å²) in [6, 6.07) is 15.8. The Morgan fingerprint density at radius 2 is 1.69 bits per heavy atom. The van der Waals surface area contributed by atoms with Crippen LogP contribution >= 0.6 is 23.2 Å². The second-order valence-corrected chi connectivity index (χ2v) is 8.09.